The predicted octanol–water partition coefficient (Wildman–Crippen LogP) is 0.701. The molecule has 0 aliphatic carbocycles. The molecule has 6 heteroatoms. The minimum absolute atomic E-state index is 0.108. The molecule has 104 valence electrons. The lowest BCUT2D eigenvalue weighted by atomic mass is 10.0. The zero-order valence-electron chi connectivity index (χ0n) is 11.6. The summed E-state index contributed by atoms with van der Waals surface area (Å²) in [6.45, 7) is 4.80. The van der Waals surface area contributed by atoms with Crippen LogP contribution >= 0.6 is 0 Å². The van der Waals surface area contributed by atoms with Gasteiger partial charge in [0.2, 0.25) is 5.91 Å². The lowest BCUT2D eigenvalue weighted by Crippen LogP contribution is -2.43. The van der Waals surface area contributed by atoms with Crippen molar-refractivity contribution in [1.29, 1.82) is 0 Å². The Morgan fingerprint density at radius 1 is 1.47 bits per heavy atom. The van der Waals surface area contributed by atoms with Crippen LogP contribution in [0.15, 0.2) is 12.5 Å². The van der Waals surface area contributed by atoms with Gasteiger partial charge in [-0.15, -0.1) is 0 Å². The second-order valence-corrected chi connectivity index (χ2v) is 5.17. The fourth-order valence-corrected chi connectivity index (χ4v) is 2.21. The number of imide groups is 1. The molecule has 1 N–H and O–H groups in total. The number of likely N-dealkylation sites (tertiary alicyclic amines) is 1. The monoisotopic (exact) mass is 264 g/mol. The number of piperidine rings is 1. The van der Waals surface area contributed by atoms with Crippen LogP contribution in [0.5, 0.6) is 0 Å². The van der Waals surface area contributed by atoms with Gasteiger partial charge in [0.1, 0.15) is 6.04 Å². The van der Waals surface area contributed by atoms with E-state index in [1.165, 1.54) is 4.90 Å². The summed E-state index contributed by atoms with van der Waals surface area (Å²) in [7, 11) is 1.54. The van der Waals surface area contributed by atoms with E-state index in [0.29, 0.717) is 25.4 Å². The molecular formula is C13H20N4O2. The van der Waals surface area contributed by atoms with Gasteiger partial charge in [0.15, 0.2) is 0 Å². The minimum Gasteiger partial charge on any atom is -0.321 e. The normalized spacial score (nSPS) is 20.4. The van der Waals surface area contributed by atoms with Gasteiger partial charge in [-0.05, 0) is 6.42 Å². The second kappa shape index (κ2) is 5.52. The maximum atomic E-state index is 12.2. The van der Waals surface area contributed by atoms with Crippen LogP contribution in [0.4, 0.5) is 0 Å². The molecule has 1 fully saturated rings. The number of likely N-dealkylation sites (N-methyl/N-ethyl adjacent to an activating group) is 1. The van der Waals surface area contributed by atoms with E-state index in [0.717, 1.165) is 5.69 Å². The van der Waals surface area contributed by atoms with Crippen LogP contribution in [0.2, 0.25) is 0 Å². The standard InChI is InChI=1S/C13H20N4O2/c1-9(2)15-7-10-6-14-8-17(10)11-4-5-12(18)16(3)13(11)19/h6,8-9,11,15H,4-5,7H2,1-3H3. The zero-order valence-corrected chi connectivity index (χ0v) is 11.6. The Bertz CT molecular complexity index is 481. The number of amides is 2. The molecule has 0 bridgehead atoms. The Balaban J connectivity index is 2.16. The third-order valence-corrected chi connectivity index (χ3v) is 3.39. The fraction of sp³-hybridized carbons (Fsp3) is 0.615. The van der Waals surface area contributed by atoms with E-state index < -0.39 is 0 Å². The summed E-state index contributed by atoms with van der Waals surface area (Å²) >= 11 is 0. The van der Waals surface area contributed by atoms with E-state index >= 15 is 0 Å². The van der Waals surface area contributed by atoms with Crippen molar-refractivity contribution in [1.82, 2.24) is 19.8 Å². The average molecular weight is 264 g/mol. The van der Waals surface area contributed by atoms with Gasteiger partial charge in [0.25, 0.3) is 5.91 Å². The van der Waals surface area contributed by atoms with E-state index in [9.17, 15) is 9.59 Å². The lowest BCUT2D eigenvalue weighted by molar-refractivity contribution is -0.149. The molecule has 0 aromatic carbocycles. The first kappa shape index (κ1) is 13.7. The first-order valence-corrected chi connectivity index (χ1v) is 6.55. The Morgan fingerprint density at radius 2 is 2.21 bits per heavy atom. The number of carbonyl (C=O) groups is 2. The lowest BCUT2D eigenvalue weighted by Gasteiger charge is -2.29. The van der Waals surface area contributed by atoms with Crippen LogP contribution in [0.3, 0.4) is 0 Å². The van der Waals surface area contributed by atoms with Crippen molar-refractivity contribution < 1.29 is 9.59 Å². The van der Waals surface area contributed by atoms with Crippen molar-refractivity contribution in [3.05, 3.63) is 18.2 Å². The molecule has 2 amide bonds. The highest BCUT2D eigenvalue weighted by Gasteiger charge is 2.33. The Hall–Kier alpha value is -1.69. The van der Waals surface area contributed by atoms with Crippen molar-refractivity contribution in [2.45, 2.75) is 45.3 Å². The van der Waals surface area contributed by atoms with Gasteiger partial charge >= 0.3 is 0 Å². The van der Waals surface area contributed by atoms with E-state index in [2.05, 4.69) is 24.1 Å². The molecule has 0 radical (unpaired) electrons. The van der Waals surface area contributed by atoms with Crippen LogP contribution in [-0.2, 0) is 16.1 Å². The fourth-order valence-electron chi connectivity index (χ4n) is 2.21. The van der Waals surface area contributed by atoms with Crippen LogP contribution in [-0.4, -0.2) is 39.4 Å². The van der Waals surface area contributed by atoms with Crippen molar-refractivity contribution in [2.24, 2.45) is 0 Å². The minimum atomic E-state index is -0.311. The molecule has 0 spiro atoms. The van der Waals surface area contributed by atoms with Crippen molar-refractivity contribution >= 4 is 11.8 Å². The van der Waals surface area contributed by atoms with Crippen LogP contribution in [0, 0.1) is 0 Å². The third-order valence-electron chi connectivity index (χ3n) is 3.39. The van der Waals surface area contributed by atoms with Gasteiger partial charge in [-0.25, -0.2) is 4.98 Å². The first-order chi connectivity index (χ1) is 9.00. The van der Waals surface area contributed by atoms with E-state index in [-0.39, 0.29) is 17.9 Å². The summed E-state index contributed by atoms with van der Waals surface area (Å²) in [6.07, 6.45) is 4.39. The molecule has 1 atom stereocenters. The number of aromatic nitrogens is 2. The van der Waals surface area contributed by atoms with Crippen molar-refractivity contribution in [3.8, 4) is 0 Å². The molecule has 1 saturated heterocycles. The highest BCUT2D eigenvalue weighted by Crippen LogP contribution is 2.24. The molecule has 2 heterocycles. The molecule has 0 saturated carbocycles. The second-order valence-electron chi connectivity index (χ2n) is 5.17. The molecule has 1 unspecified atom stereocenters. The molecule has 2 rings (SSSR count). The van der Waals surface area contributed by atoms with E-state index in [1.807, 2.05) is 4.57 Å². The maximum absolute atomic E-state index is 12.2. The van der Waals surface area contributed by atoms with E-state index in [4.69, 9.17) is 0 Å². The summed E-state index contributed by atoms with van der Waals surface area (Å²) in [5.41, 5.74) is 0.967. The average Bonchev–Trinajstić information content (AvgIpc) is 2.82. The topological polar surface area (TPSA) is 67.2 Å². The molecule has 1 aromatic rings. The van der Waals surface area contributed by atoms with Crippen LogP contribution in [0.1, 0.15) is 38.4 Å². The number of hydrogen-bond donors (Lipinski definition) is 1. The SMILES string of the molecule is CC(C)NCc1cncn1C1CCC(=O)N(C)C1=O. The molecule has 1 aliphatic heterocycles. The van der Waals surface area contributed by atoms with Crippen molar-refractivity contribution in [2.75, 3.05) is 7.05 Å². The van der Waals surface area contributed by atoms with Crippen molar-refractivity contribution in [3.63, 3.8) is 0 Å². The number of carbonyl (C=O) groups excluding carboxylic acids is 2. The van der Waals surface area contributed by atoms with Gasteiger partial charge in [0.05, 0.1) is 12.0 Å². The summed E-state index contributed by atoms with van der Waals surface area (Å²) in [5, 5.41) is 3.31. The number of nitrogens with zero attached hydrogens (tertiary/aromatic N) is 3. The zero-order chi connectivity index (χ0) is 14.0. The third kappa shape index (κ3) is 2.84. The Morgan fingerprint density at radius 3 is 2.89 bits per heavy atom. The highest BCUT2D eigenvalue weighted by molar-refractivity contribution is 5.99. The number of hydrogen-bond acceptors (Lipinski definition) is 4. The predicted molar refractivity (Wildman–Crippen MR) is 70.3 cm³/mol. The Kier molecular flexibility index (Phi) is 3.99. The van der Waals surface area contributed by atoms with Gasteiger partial charge in [0, 0.05) is 32.3 Å². The van der Waals surface area contributed by atoms with Gasteiger partial charge in [-0.2, -0.15) is 0 Å². The smallest absolute Gasteiger partial charge is 0.252 e. The first-order valence-electron chi connectivity index (χ1n) is 6.55. The molecular weight excluding hydrogens is 244 g/mol. The molecule has 1 aliphatic rings. The number of imidazole rings is 1. The largest absolute Gasteiger partial charge is 0.321 e. The number of nitrogens with one attached hydrogen (secondary N) is 1. The summed E-state index contributed by atoms with van der Waals surface area (Å²) < 4.78 is 1.88. The van der Waals surface area contributed by atoms with Gasteiger partial charge < -0.3 is 9.88 Å². The molecule has 1 aromatic heterocycles. The van der Waals surface area contributed by atoms with Crippen LogP contribution < -0.4 is 5.32 Å². The Labute approximate surface area is 112 Å². The highest BCUT2D eigenvalue weighted by atomic mass is 16.2. The summed E-state index contributed by atoms with van der Waals surface area (Å²) in [6, 6.07) is 0.0591. The molecule has 6 nitrogen and oxygen atoms in total. The maximum Gasteiger partial charge on any atom is 0.252 e. The van der Waals surface area contributed by atoms with E-state index in [1.54, 1.807) is 19.6 Å². The van der Waals surface area contributed by atoms with Crippen LogP contribution in [0.25, 0.3) is 0 Å². The quantitative estimate of drug-likeness (QED) is 0.813. The summed E-state index contributed by atoms with van der Waals surface area (Å²) in [4.78, 5) is 29.0. The number of rotatable bonds is 4. The molecule has 19 heavy (non-hydrogen) atoms. The van der Waals surface area contributed by atoms with Gasteiger partial charge in [-0.1, -0.05) is 13.8 Å². The summed E-state index contributed by atoms with van der Waals surface area (Å²) in [5.74, 6) is -0.261. The van der Waals surface area contributed by atoms with Gasteiger partial charge in [-0.3, -0.25) is 14.5 Å².